The molecule has 16 heteroatoms. The van der Waals surface area contributed by atoms with Crippen molar-refractivity contribution in [2.24, 2.45) is 5.41 Å². The van der Waals surface area contributed by atoms with Crippen LogP contribution in [0.15, 0.2) is 83.2 Å². The Hall–Kier alpha value is -4.70. The summed E-state index contributed by atoms with van der Waals surface area (Å²) in [6.07, 6.45) is 1.83. The molecule has 0 fully saturated rings. The lowest BCUT2D eigenvalue weighted by molar-refractivity contribution is -0.123. The zero-order valence-corrected chi connectivity index (χ0v) is 29.7. The van der Waals surface area contributed by atoms with Crippen molar-refractivity contribution in [3.63, 3.8) is 0 Å². The number of benzene rings is 1. The third-order valence-electron chi connectivity index (χ3n) is 7.55. The minimum absolute atomic E-state index is 0.159. The Morgan fingerprint density at radius 3 is 2.24 bits per heavy atom. The number of sulfonamides is 1. The van der Waals surface area contributed by atoms with Gasteiger partial charge in [-0.05, 0) is 48.4 Å². The average Bonchev–Trinajstić information content (AvgIpc) is 3.02. The maximum absolute atomic E-state index is 15.2. The zero-order chi connectivity index (χ0) is 37.6. The number of hydrogen-bond donors (Lipinski definition) is 3. The van der Waals surface area contributed by atoms with Gasteiger partial charge in [-0.3, -0.25) is 19.3 Å². The van der Waals surface area contributed by atoms with Gasteiger partial charge in [0, 0.05) is 50.7 Å². The molecule has 0 spiro atoms. The second kappa shape index (κ2) is 16.3. The van der Waals surface area contributed by atoms with Gasteiger partial charge in [0.2, 0.25) is 21.8 Å². The van der Waals surface area contributed by atoms with Crippen molar-refractivity contribution in [3.05, 3.63) is 83.9 Å². The SMILES string of the molecule is [B]C(=O)[C@H](Cc1ccc(N(C(=C)N(C)C)C(=O)CCC)nc1)NC(=O)C1=C(F)CC(NS(=O)(=O)c2ccc(NC(=O)C(C)(C)C)cc2)C(F)=C1. The molecule has 1 aromatic heterocycles. The molecule has 3 N–H and O–H groups in total. The average molecular weight is 711 g/mol. The van der Waals surface area contributed by atoms with Crippen LogP contribution in [0, 0.1) is 5.41 Å². The van der Waals surface area contributed by atoms with E-state index in [4.69, 9.17) is 7.85 Å². The predicted octanol–water partition coefficient (Wildman–Crippen LogP) is 3.78. The summed E-state index contributed by atoms with van der Waals surface area (Å²) in [7, 11) is 4.61. The van der Waals surface area contributed by atoms with Gasteiger partial charge in [0.05, 0.1) is 28.2 Å². The Balaban J connectivity index is 1.70. The van der Waals surface area contributed by atoms with Gasteiger partial charge in [-0.2, -0.15) is 0 Å². The van der Waals surface area contributed by atoms with Gasteiger partial charge in [0.15, 0.2) is 7.85 Å². The molecule has 2 radical (unpaired) electrons. The lowest BCUT2D eigenvalue weighted by Crippen LogP contribution is -2.44. The zero-order valence-electron chi connectivity index (χ0n) is 28.8. The first kappa shape index (κ1) is 39.7. The Morgan fingerprint density at radius 2 is 1.72 bits per heavy atom. The second-order valence-electron chi connectivity index (χ2n) is 12.9. The van der Waals surface area contributed by atoms with Crippen LogP contribution in [0.25, 0.3) is 0 Å². The quantitative estimate of drug-likeness (QED) is 0.250. The fourth-order valence-corrected chi connectivity index (χ4v) is 5.78. The number of nitrogens with zero attached hydrogens (tertiary/aromatic N) is 3. The first-order valence-corrected chi connectivity index (χ1v) is 17.2. The van der Waals surface area contributed by atoms with Crippen molar-refractivity contribution >= 4 is 52.8 Å². The number of aromatic nitrogens is 1. The molecule has 1 aromatic carbocycles. The smallest absolute Gasteiger partial charge is 0.254 e. The fourth-order valence-electron chi connectivity index (χ4n) is 4.58. The van der Waals surface area contributed by atoms with E-state index in [1.807, 2.05) is 6.92 Å². The van der Waals surface area contributed by atoms with Gasteiger partial charge in [0.25, 0.3) is 5.91 Å². The molecule has 12 nitrogen and oxygen atoms in total. The number of nitrogens with one attached hydrogen (secondary N) is 3. The number of rotatable bonds is 14. The van der Waals surface area contributed by atoms with Crippen LogP contribution < -0.4 is 20.3 Å². The molecular formula is C34H41BF2N6O6S. The summed E-state index contributed by atoms with van der Waals surface area (Å²) < 4.78 is 58.3. The van der Waals surface area contributed by atoms with Crippen molar-refractivity contribution in [1.82, 2.24) is 19.9 Å². The standard InChI is InChI=1S/C34H41BF2N6O6S/c1-8-9-30(44)43(20(2)42(6)7)29-15-10-21(19-38-29)16-28(31(35)45)40-32(46)24-17-26(37)27(18-25(24)36)41-50(48,49)23-13-11-22(12-14-23)39-33(47)34(3,4)5/h10-15,17,19,27-28,41H,2,8-9,16,18H2,1,3-7H3,(H,39,47)(H,40,46)/t27?,28-/m0/s1. The number of pyridine rings is 1. The molecule has 1 unspecified atom stereocenters. The van der Waals surface area contributed by atoms with E-state index in [0.29, 0.717) is 29.6 Å². The lowest BCUT2D eigenvalue weighted by atomic mass is 9.90. The van der Waals surface area contributed by atoms with E-state index in [0.717, 1.165) is 0 Å². The van der Waals surface area contributed by atoms with Crippen LogP contribution in [0.2, 0.25) is 0 Å². The van der Waals surface area contributed by atoms with E-state index >= 15 is 8.78 Å². The molecule has 3 amide bonds. The lowest BCUT2D eigenvalue weighted by Gasteiger charge is -2.28. The van der Waals surface area contributed by atoms with E-state index in [9.17, 15) is 27.6 Å². The first-order valence-electron chi connectivity index (χ1n) is 15.7. The van der Waals surface area contributed by atoms with E-state index in [-0.39, 0.29) is 35.4 Å². The number of hydrogen-bond acceptors (Lipinski definition) is 8. The molecule has 50 heavy (non-hydrogen) atoms. The van der Waals surface area contributed by atoms with Crippen LogP contribution in [0.3, 0.4) is 0 Å². The summed E-state index contributed by atoms with van der Waals surface area (Å²) in [6, 6.07) is 5.23. The summed E-state index contributed by atoms with van der Waals surface area (Å²) in [5, 5.41) is 4.96. The third kappa shape index (κ3) is 10.2. The van der Waals surface area contributed by atoms with Crippen molar-refractivity contribution in [2.45, 2.75) is 70.4 Å². The third-order valence-corrected chi connectivity index (χ3v) is 9.04. The Bertz CT molecular complexity index is 1810. The topological polar surface area (TPSA) is 158 Å². The van der Waals surface area contributed by atoms with Crippen LogP contribution in [0.1, 0.15) is 52.5 Å². The van der Waals surface area contributed by atoms with Crippen LogP contribution in [0.5, 0.6) is 0 Å². The second-order valence-corrected chi connectivity index (χ2v) is 14.6. The van der Waals surface area contributed by atoms with Crippen molar-refractivity contribution in [3.8, 4) is 0 Å². The minimum Gasteiger partial charge on any atom is -0.364 e. The molecule has 2 atom stereocenters. The summed E-state index contributed by atoms with van der Waals surface area (Å²) >= 11 is 0. The first-order chi connectivity index (χ1) is 23.2. The van der Waals surface area contributed by atoms with Gasteiger partial charge < -0.3 is 20.3 Å². The van der Waals surface area contributed by atoms with Crippen molar-refractivity contribution < 1.29 is 36.4 Å². The summed E-state index contributed by atoms with van der Waals surface area (Å²) in [5.74, 6) is -3.22. The molecule has 0 saturated carbocycles. The molecule has 2 aromatic rings. The van der Waals surface area contributed by atoms with Gasteiger partial charge in [-0.1, -0.05) is 40.3 Å². The van der Waals surface area contributed by atoms with E-state index in [1.54, 1.807) is 51.9 Å². The molecule has 0 bridgehead atoms. The Morgan fingerprint density at radius 1 is 1.08 bits per heavy atom. The van der Waals surface area contributed by atoms with Gasteiger partial charge >= 0.3 is 0 Å². The molecule has 266 valence electrons. The van der Waals surface area contributed by atoms with Crippen LogP contribution in [-0.4, -0.2) is 75.7 Å². The van der Waals surface area contributed by atoms with Crippen LogP contribution >= 0.6 is 0 Å². The summed E-state index contributed by atoms with van der Waals surface area (Å²) in [4.78, 5) is 57.3. The highest BCUT2D eigenvalue weighted by Gasteiger charge is 2.32. The number of amides is 3. The molecule has 1 heterocycles. The number of halogens is 2. The summed E-state index contributed by atoms with van der Waals surface area (Å²) in [6.45, 7) is 10.9. The largest absolute Gasteiger partial charge is 0.364 e. The van der Waals surface area contributed by atoms with Crippen molar-refractivity contribution in [1.29, 1.82) is 0 Å². The fraction of sp³-hybridized carbons (Fsp3) is 0.382. The maximum Gasteiger partial charge on any atom is 0.254 e. The van der Waals surface area contributed by atoms with Crippen molar-refractivity contribution in [2.75, 3.05) is 24.3 Å². The Kier molecular flexibility index (Phi) is 13.0. The molecule has 1 aliphatic rings. The molecular weight excluding hydrogens is 669 g/mol. The molecule has 3 rings (SSSR count). The highest BCUT2D eigenvalue weighted by atomic mass is 32.2. The highest BCUT2D eigenvalue weighted by molar-refractivity contribution is 7.89. The number of carbonyl (C=O) groups is 4. The van der Waals surface area contributed by atoms with Gasteiger partial charge in [0.1, 0.15) is 23.3 Å². The predicted molar refractivity (Wildman–Crippen MR) is 186 cm³/mol. The minimum atomic E-state index is -4.35. The van der Waals surface area contributed by atoms with Crippen LogP contribution in [-0.2, 0) is 35.6 Å². The molecule has 0 saturated heterocycles. The van der Waals surface area contributed by atoms with Gasteiger partial charge in [-0.25, -0.2) is 26.9 Å². The maximum atomic E-state index is 15.2. The monoisotopic (exact) mass is 710 g/mol. The van der Waals surface area contributed by atoms with Crippen LogP contribution in [0.4, 0.5) is 20.3 Å². The number of carbonyl (C=O) groups excluding carboxylic acids is 4. The van der Waals surface area contributed by atoms with Gasteiger partial charge in [-0.15, -0.1) is 0 Å². The Labute approximate surface area is 292 Å². The summed E-state index contributed by atoms with van der Waals surface area (Å²) in [5.41, 5.74) is -1.59. The van der Waals surface area contributed by atoms with E-state index in [1.165, 1.54) is 35.4 Å². The highest BCUT2D eigenvalue weighted by Crippen LogP contribution is 2.29. The van der Waals surface area contributed by atoms with E-state index < -0.39 is 62.8 Å². The normalized spacial score (nSPS) is 15.4. The molecule has 1 aliphatic carbocycles. The molecule has 0 aliphatic heterocycles. The number of anilines is 2. The van der Waals surface area contributed by atoms with E-state index in [2.05, 4.69) is 26.9 Å².